The average molecular weight is 185 g/mol. The fraction of sp³-hybridized carbons (Fsp3) is 0.833. The Labute approximate surface area is 76.2 Å². The van der Waals surface area contributed by atoms with Crippen LogP contribution in [0.5, 0.6) is 0 Å². The molecule has 0 aromatic carbocycles. The van der Waals surface area contributed by atoms with Crippen molar-refractivity contribution in [1.29, 1.82) is 0 Å². The van der Waals surface area contributed by atoms with Crippen molar-refractivity contribution in [3.8, 4) is 0 Å². The first kappa shape index (κ1) is 9.09. The van der Waals surface area contributed by atoms with E-state index in [1.54, 1.807) is 0 Å². The van der Waals surface area contributed by atoms with E-state index in [1.165, 1.54) is 0 Å². The van der Waals surface area contributed by atoms with Gasteiger partial charge >= 0.3 is 0 Å². The quantitative estimate of drug-likeness (QED) is 0.279. The number of thiocarbonyl (C=S) groups is 1. The molecular formula is C6H11N5S. The first-order valence-corrected chi connectivity index (χ1v) is 4.07. The third-order valence-electron chi connectivity index (χ3n) is 1.64. The molecule has 6 heteroatoms. The molecule has 1 saturated heterocycles. The van der Waals surface area contributed by atoms with Gasteiger partial charge in [-0.3, -0.25) is 0 Å². The van der Waals surface area contributed by atoms with Gasteiger partial charge in [0, 0.05) is 10.5 Å². The molecule has 12 heavy (non-hydrogen) atoms. The predicted octanol–water partition coefficient (Wildman–Crippen LogP) is 1.27. The van der Waals surface area contributed by atoms with Crippen molar-refractivity contribution in [3.63, 3.8) is 0 Å². The van der Waals surface area contributed by atoms with Gasteiger partial charge in [0.1, 0.15) is 6.17 Å². The lowest BCUT2D eigenvalue weighted by Crippen LogP contribution is -2.58. The fourth-order valence-corrected chi connectivity index (χ4v) is 1.62. The number of nitrogens with zero attached hydrogens (tertiary/aromatic N) is 3. The molecule has 0 amide bonds. The van der Waals surface area contributed by atoms with Crippen molar-refractivity contribution < 1.29 is 0 Å². The molecule has 1 aliphatic rings. The highest BCUT2D eigenvalue weighted by atomic mass is 32.1. The zero-order valence-electron chi connectivity index (χ0n) is 7.03. The molecule has 1 rings (SSSR count). The van der Waals surface area contributed by atoms with Crippen LogP contribution in [0.15, 0.2) is 5.11 Å². The van der Waals surface area contributed by atoms with Crippen molar-refractivity contribution >= 4 is 17.3 Å². The third kappa shape index (κ3) is 2.25. The van der Waals surface area contributed by atoms with Crippen molar-refractivity contribution in [2.45, 2.75) is 32.0 Å². The van der Waals surface area contributed by atoms with Crippen LogP contribution in [0, 0.1) is 0 Å². The van der Waals surface area contributed by atoms with Crippen LogP contribution >= 0.6 is 12.2 Å². The van der Waals surface area contributed by atoms with Crippen LogP contribution in [0.25, 0.3) is 10.4 Å². The smallest absolute Gasteiger partial charge is 0.167 e. The van der Waals surface area contributed by atoms with Crippen LogP contribution in [0.3, 0.4) is 0 Å². The maximum absolute atomic E-state index is 8.23. The normalized spacial score (nSPS) is 26.5. The summed E-state index contributed by atoms with van der Waals surface area (Å²) in [4.78, 5) is 2.73. The van der Waals surface area contributed by atoms with E-state index in [-0.39, 0.29) is 11.7 Å². The summed E-state index contributed by atoms with van der Waals surface area (Å²) in [5.74, 6) is 0. The molecule has 1 heterocycles. The largest absolute Gasteiger partial charge is 0.358 e. The number of nitrogens with one attached hydrogen (secondary N) is 2. The van der Waals surface area contributed by atoms with Crippen molar-refractivity contribution in [2.24, 2.45) is 5.11 Å². The van der Waals surface area contributed by atoms with Gasteiger partial charge in [-0.1, -0.05) is 5.11 Å². The van der Waals surface area contributed by atoms with Gasteiger partial charge < -0.3 is 10.6 Å². The topological polar surface area (TPSA) is 72.8 Å². The second kappa shape index (κ2) is 3.16. The van der Waals surface area contributed by atoms with Crippen LogP contribution in [0.2, 0.25) is 0 Å². The van der Waals surface area contributed by atoms with E-state index in [0.717, 1.165) is 6.42 Å². The van der Waals surface area contributed by atoms with Gasteiger partial charge in [0.05, 0.1) is 0 Å². The fourth-order valence-electron chi connectivity index (χ4n) is 1.21. The van der Waals surface area contributed by atoms with Crippen molar-refractivity contribution in [3.05, 3.63) is 10.4 Å². The van der Waals surface area contributed by atoms with E-state index < -0.39 is 0 Å². The van der Waals surface area contributed by atoms with Crippen molar-refractivity contribution in [2.75, 3.05) is 0 Å². The maximum atomic E-state index is 8.23. The Hall–Kier alpha value is -1.00. The Balaban J connectivity index is 2.69. The molecule has 0 bridgehead atoms. The van der Waals surface area contributed by atoms with Gasteiger partial charge in [0.2, 0.25) is 0 Å². The zero-order chi connectivity index (χ0) is 9.19. The Morgan fingerprint density at radius 2 is 2.42 bits per heavy atom. The van der Waals surface area contributed by atoms with E-state index in [1.807, 2.05) is 13.8 Å². The Bertz CT molecular complexity index is 242. The molecule has 1 aliphatic heterocycles. The van der Waals surface area contributed by atoms with Gasteiger partial charge in [0.25, 0.3) is 0 Å². The summed E-state index contributed by atoms with van der Waals surface area (Å²) in [7, 11) is 0. The molecule has 5 nitrogen and oxygen atoms in total. The van der Waals surface area contributed by atoms with Crippen LogP contribution in [-0.4, -0.2) is 16.8 Å². The second-order valence-electron chi connectivity index (χ2n) is 3.41. The van der Waals surface area contributed by atoms with Gasteiger partial charge in [-0.25, -0.2) is 0 Å². The summed E-state index contributed by atoms with van der Waals surface area (Å²) >= 11 is 4.94. The summed E-state index contributed by atoms with van der Waals surface area (Å²) in [6.07, 6.45) is 0.510. The molecule has 66 valence electrons. The zero-order valence-corrected chi connectivity index (χ0v) is 7.85. The predicted molar refractivity (Wildman–Crippen MR) is 50.5 cm³/mol. The molecule has 1 unspecified atom stereocenters. The van der Waals surface area contributed by atoms with Gasteiger partial charge in [0.15, 0.2) is 5.11 Å². The number of rotatable bonds is 1. The Kier molecular flexibility index (Phi) is 2.40. The Morgan fingerprint density at radius 3 is 2.92 bits per heavy atom. The van der Waals surface area contributed by atoms with Crippen LogP contribution in [0.1, 0.15) is 20.3 Å². The summed E-state index contributed by atoms with van der Waals surface area (Å²) in [6.45, 7) is 4.03. The number of hydrogen-bond acceptors (Lipinski definition) is 2. The minimum absolute atomic E-state index is 0.0960. The molecule has 0 aliphatic carbocycles. The third-order valence-corrected chi connectivity index (χ3v) is 1.86. The standard InChI is InChI=1S/C6H11N5S/c1-6(2)3-4(10-11-7)8-5(12)9-6/h4H,3H2,1-2H3,(H2,8,9,12). The van der Waals surface area contributed by atoms with Crippen LogP contribution in [0.4, 0.5) is 0 Å². The van der Waals surface area contributed by atoms with Crippen molar-refractivity contribution in [1.82, 2.24) is 10.6 Å². The van der Waals surface area contributed by atoms with E-state index in [4.69, 9.17) is 17.7 Å². The van der Waals surface area contributed by atoms with Crippen LogP contribution < -0.4 is 10.6 Å². The minimum atomic E-state index is -0.223. The highest BCUT2D eigenvalue weighted by Crippen LogP contribution is 2.16. The molecule has 1 fully saturated rings. The SMILES string of the molecule is CC1(C)CC(N=[N+]=[N-])NC(=S)N1. The number of hydrogen-bond donors (Lipinski definition) is 2. The van der Waals surface area contributed by atoms with Gasteiger partial charge in [-0.15, -0.1) is 0 Å². The van der Waals surface area contributed by atoms with Crippen LogP contribution in [-0.2, 0) is 0 Å². The molecule has 0 saturated carbocycles. The molecule has 0 aromatic rings. The summed E-state index contributed by atoms with van der Waals surface area (Å²) in [6, 6.07) is 0. The molecule has 0 radical (unpaired) electrons. The first-order chi connectivity index (χ1) is 5.53. The minimum Gasteiger partial charge on any atom is -0.358 e. The molecule has 0 spiro atoms. The van der Waals surface area contributed by atoms with E-state index >= 15 is 0 Å². The molecule has 1 atom stereocenters. The lowest BCUT2D eigenvalue weighted by atomic mass is 9.97. The lowest BCUT2D eigenvalue weighted by molar-refractivity contribution is 0.338. The molecule has 0 aromatic heterocycles. The van der Waals surface area contributed by atoms with Gasteiger partial charge in [-0.2, -0.15) is 0 Å². The monoisotopic (exact) mass is 185 g/mol. The summed E-state index contributed by atoms with van der Waals surface area (Å²) < 4.78 is 0. The highest BCUT2D eigenvalue weighted by Gasteiger charge is 2.28. The van der Waals surface area contributed by atoms with E-state index in [9.17, 15) is 0 Å². The lowest BCUT2D eigenvalue weighted by Gasteiger charge is -2.36. The second-order valence-corrected chi connectivity index (χ2v) is 3.82. The number of azide groups is 1. The Morgan fingerprint density at radius 1 is 1.75 bits per heavy atom. The summed E-state index contributed by atoms with van der Waals surface area (Å²) in [5, 5.41) is 10.1. The molecular weight excluding hydrogens is 174 g/mol. The van der Waals surface area contributed by atoms with E-state index in [0.29, 0.717) is 5.11 Å². The maximum Gasteiger partial charge on any atom is 0.167 e. The van der Waals surface area contributed by atoms with Gasteiger partial charge in [-0.05, 0) is 38.0 Å². The summed E-state index contributed by atoms with van der Waals surface area (Å²) in [5.41, 5.74) is 8.13. The highest BCUT2D eigenvalue weighted by molar-refractivity contribution is 7.80. The molecule has 2 N–H and O–H groups in total. The van der Waals surface area contributed by atoms with E-state index in [2.05, 4.69) is 20.7 Å². The average Bonchev–Trinajstić information content (AvgIpc) is 1.82. The first-order valence-electron chi connectivity index (χ1n) is 3.66.